The van der Waals surface area contributed by atoms with E-state index in [1.165, 1.54) is 44.9 Å². The second kappa shape index (κ2) is 17.8. The maximum atomic E-state index is 11.6. The average molecular weight is 322 g/mol. The van der Waals surface area contributed by atoms with Crippen molar-refractivity contribution in [1.82, 2.24) is 0 Å². The van der Waals surface area contributed by atoms with Crippen molar-refractivity contribution in [3.05, 3.63) is 0 Å². The van der Waals surface area contributed by atoms with Crippen LogP contribution in [0.4, 0.5) is 0 Å². The third-order valence-corrected chi connectivity index (χ3v) is 3.63. The average Bonchev–Trinajstić information content (AvgIpc) is 2.42. The molecule has 0 aliphatic rings. The molecule has 0 aromatic rings. The van der Waals surface area contributed by atoms with E-state index in [1.807, 2.05) is 6.92 Å². The Morgan fingerprint density at radius 1 is 0.952 bits per heavy atom. The fourth-order valence-electron chi connectivity index (χ4n) is 2.32. The van der Waals surface area contributed by atoms with E-state index in [4.69, 9.17) is 10.5 Å². The molecular weight excluding hydrogens is 286 g/mol. The molecule has 4 heteroatoms. The Hall–Kier alpha value is -0.280. The summed E-state index contributed by atoms with van der Waals surface area (Å²) in [5.74, 6) is -0.0440. The standard InChI is InChI=1S/C17H35NO2.ClH/c1-3-4-5-6-7-8-10-13-16(2)20-17(19)14-11-9-12-15-18;/h16H,3-15,18H2,1-2H3;1H. The molecule has 0 heterocycles. The molecule has 0 saturated heterocycles. The number of hydrogen-bond donors (Lipinski definition) is 1. The van der Waals surface area contributed by atoms with Crippen LogP contribution in [0.5, 0.6) is 0 Å². The number of ether oxygens (including phenoxy) is 1. The maximum Gasteiger partial charge on any atom is 0.306 e. The quantitative estimate of drug-likeness (QED) is 0.362. The van der Waals surface area contributed by atoms with Gasteiger partial charge in [0.05, 0.1) is 6.10 Å². The second-order valence-corrected chi connectivity index (χ2v) is 5.81. The molecule has 0 bridgehead atoms. The lowest BCUT2D eigenvalue weighted by Crippen LogP contribution is -2.14. The van der Waals surface area contributed by atoms with Crippen molar-refractivity contribution in [2.45, 2.75) is 97.0 Å². The van der Waals surface area contributed by atoms with Gasteiger partial charge in [-0.15, -0.1) is 12.4 Å². The van der Waals surface area contributed by atoms with Crippen LogP contribution in [0.2, 0.25) is 0 Å². The lowest BCUT2D eigenvalue weighted by Gasteiger charge is -2.13. The molecule has 0 fully saturated rings. The van der Waals surface area contributed by atoms with Crippen LogP contribution < -0.4 is 5.73 Å². The molecule has 0 aliphatic carbocycles. The van der Waals surface area contributed by atoms with Crippen molar-refractivity contribution in [2.24, 2.45) is 5.73 Å². The van der Waals surface area contributed by atoms with Gasteiger partial charge in [0.1, 0.15) is 0 Å². The smallest absolute Gasteiger partial charge is 0.306 e. The largest absolute Gasteiger partial charge is 0.463 e. The number of unbranched alkanes of at least 4 members (excludes halogenated alkanes) is 8. The number of carbonyl (C=O) groups excluding carboxylic acids is 1. The van der Waals surface area contributed by atoms with E-state index in [0.717, 1.165) is 25.7 Å². The number of nitrogens with two attached hydrogens (primary N) is 1. The highest BCUT2D eigenvalue weighted by atomic mass is 35.5. The molecule has 1 unspecified atom stereocenters. The number of halogens is 1. The van der Waals surface area contributed by atoms with Crippen LogP contribution in [0, 0.1) is 0 Å². The first kappa shape index (κ1) is 23.0. The van der Waals surface area contributed by atoms with Gasteiger partial charge in [0.2, 0.25) is 0 Å². The van der Waals surface area contributed by atoms with Crippen LogP contribution in [0.3, 0.4) is 0 Å². The highest BCUT2D eigenvalue weighted by Gasteiger charge is 2.08. The minimum absolute atomic E-state index is 0. The summed E-state index contributed by atoms with van der Waals surface area (Å²) in [4.78, 5) is 11.6. The van der Waals surface area contributed by atoms with Gasteiger partial charge in [-0.2, -0.15) is 0 Å². The number of hydrogen-bond acceptors (Lipinski definition) is 3. The molecule has 0 aromatic carbocycles. The summed E-state index contributed by atoms with van der Waals surface area (Å²) in [6.45, 7) is 4.96. The van der Waals surface area contributed by atoms with Crippen molar-refractivity contribution in [3.63, 3.8) is 0 Å². The van der Waals surface area contributed by atoms with Crippen LogP contribution in [-0.2, 0) is 9.53 Å². The fraction of sp³-hybridized carbons (Fsp3) is 0.941. The molecule has 0 spiro atoms. The van der Waals surface area contributed by atoms with E-state index in [9.17, 15) is 4.79 Å². The van der Waals surface area contributed by atoms with Gasteiger partial charge in [-0.25, -0.2) is 0 Å². The first-order valence-electron chi connectivity index (χ1n) is 8.60. The summed E-state index contributed by atoms with van der Waals surface area (Å²) in [5.41, 5.74) is 5.42. The minimum Gasteiger partial charge on any atom is -0.463 e. The monoisotopic (exact) mass is 321 g/mol. The third kappa shape index (κ3) is 17.7. The molecule has 0 rings (SSSR count). The van der Waals surface area contributed by atoms with E-state index >= 15 is 0 Å². The van der Waals surface area contributed by atoms with E-state index in [-0.39, 0.29) is 24.5 Å². The molecule has 0 aliphatic heterocycles. The van der Waals surface area contributed by atoms with Crippen LogP contribution in [0.15, 0.2) is 0 Å². The predicted molar refractivity (Wildman–Crippen MR) is 92.9 cm³/mol. The molecule has 0 amide bonds. The molecule has 0 radical (unpaired) electrons. The maximum absolute atomic E-state index is 11.6. The zero-order valence-electron chi connectivity index (χ0n) is 14.1. The van der Waals surface area contributed by atoms with Crippen molar-refractivity contribution in [3.8, 4) is 0 Å². The summed E-state index contributed by atoms with van der Waals surface area (Å²) >= 11 is 0. The van der Waals surface area contributed by atoms with Gasteiger partial charge in [0.15, 0.2) is 0 Å². The highest BCUT2D eigenvalue weighted by Crippen LogP contribution is 2.12. The van der Waals surface area contributed by atoms with Crippen molar-refractivity contribution < 1.29 is 9.53 Å². The molecule has 2 N–H and O–H groups in total. The Bertz CT molecular complexity index is 225. The predicted octanol–water partition coefficient (Wildman–Crippen LogP) is 5.00. The van der Waals surface area contributed by atoms with Gasteiger partial charge in [-0.05, 0) is 39.2 Å². The summed E-state index contributed by atoms with van der Waals surface area (Å²) in [6.07, 6.45) is 13.7. The van der Waals surface area contributed by atoms with E-state index < -0.39 is 0 Å². The molecule has 0 saturated carbocycles. The van der Waals surface area contributed by atoms with Gasteiger partial charge in [0, 0.05) is 6.42 Å². The third-order valence-electron chi connectivity index (χ3n) is 3.63. The van der Waals surface area contributed by atoms with Gasteiger partial charge in [0.25, 0.3) is 0 Å². The summed E-state index contributed by atoms with van der Waals surface area (Å²) < 4.78 is 5.41. The summed E-state index contributed by atoms with van der Waals surface area (Å²) in [7, 11) is 0. The molecule has 3 nitrogen and oxygen atoms in total. The zero-order valence-corrected chi connectivity index (χ0v) is 14.9. The fourth-order valence-corrected chi connectivity index (χ4v) is 2.32. The van der Waals surface area contributed by atoms with Gasteiger partial charge < -0.3 is 10.5 Å². The summed E-state index contributed by atoms with van der Waals surface area (Å²) in [6, 6.07) is 0. The molecule has 128 valence electrons. The Kier molecular flexibility index (Phi) is 19.5. The number of esters is 1. The zero-order chi connectivity index (χ0) is 15.1. The Morgan fingerprint density at radius 2 is 1.52 bits per heavy atom. The minimum atomic E-state index is -0.0440. The van der Waals surface area contributed by atoms with Gasteiger partial charge >= 0.3 is 5.97 Å². The molecule has 21 heavy (non-hydrogen) atoms. The SMILES string of the molecule is CCCCCCCCCC(C)OC(=O)CCCCCN.Cl. The number of rotatable bonds is 14. The normalized spacial score (nSPS) is 11.8. The lowest BCUT2D eigenvalue weighted by atomic mass is 10.1. The molecular formula is C17H36ClNO2. The van der Waals surface area contributed by atoms with Crippen molar-refractivity contribution in [1.29, 1.82) is 0 Å². The van der Waals surface area contributed by atoms with Gasteiger partial charge in [-0.1, -0.05) is 51.9 Å². The number of carbonyl (C=O) groups is 1. The van der Waals surface area contributed by atoms with Crippen LogP contribution >= 0.6 is 12.4 Å². The van der Waals surface area contributed by atoms with E-state index in [0.29, 0.717) is 13.0 Å². The second-order valence-electron chi connectivity index (χ2n) is 5.81. The van der Waals surface area contributed by atoms with E-state index in [2.05, 4.69) is 6.92 Å². The first-order chi connectivity index (χ1) is 9.70. The van der Waals surface area contributed by atoms with Crippen molar-refractivity contribution >= 4 is 18.4 Å². The Labute approximate surface area is 137 Å². The first-order valence-corrected chi connectivity index (χ1v) is 8.60. The van der Waals surface area contributed by atoms with Crippen molar-refractivity contribution in [2.75, 3.05) is 6.54 Å². The van der Waals surface area contributed by atoms with Crippen LogP contribution in [-0.4, -0.2) is 18.6 Å². The van der Waals surface area contributed by atoms with Crippen LogP contribution in [0.25, 0.3) is 0 Å². The van der Waals surface area contributed by atoms with Crippen LogP contribution in [0.1, 0.15) is 90.9 Å². The Morgan fingerprint density at radius 3 is 2.14 bits per heavy atom. The summed E-state index contributed by atoms with van der Waals surface area (Å²) in [5, 5.41) is 0. The molecule has 1 atom stereocenters. The molecule has 0 aromatic heterocycles. The highest BCUT2D eigenvalue weighted by molar-refractivity contribution is 5.85. The lowest BCUT2D eigenvalue weighted by molar-refractivity contribution is -0.148. The van der Waals surface area contributed by atoms with E-state index in [1.54, 1.807) is 0 Å². The topological polar surface area (TPSA) is 52.3 Å². The van der Waals surface area contributed by atoms with Gasteiger partial charge in [-0.3, -0.25) is 4.79 Å². The Balaban J connectivity index is 0.